The lowest BCUT2D eigenvalue weighted by Gasteiger charge is -2.27. The summed E-state index contributed by atoms with van der Waals surface area (Å²) >= 11 is 1.49. The molecule has 0 aliphatic carbocycles. The minimum atomic E-state index is -1.15. The zero-order valence-corrected chi connectivity index (χ0v) is 16.8. The number of likely N-dealkylation sites (N-methyl/N-ethyl adjacent to an activating group) is 1. The summed E-state index contributed by atoms with van der Waals surface area (Å²) < 4.78 is 0. The summed E-state index contributed by atoms with van der Waals surface area (Å²) in [4.78, 5) is 37.0. The number of carboxylic acids is 2. The molecule has 2 heterocycles. The normalized spacial score (nSPS) is 35.6. The molecule has 1 unspecified atom stereocenters. The number of carbonyl (C=O) groups is 3. The smallest absolute Gasteiger partial charge is 0.321 e. The second kappa shape index (κ2) is 8.76. The first-order chi connectivity index (χ1) is 12.5. The fraction of sp³-hybridized carbons (Fsp3) is 0.824. The standard InChI is InChI=1S/C17H29N3O6S/c1-7-12(11(8(2)21)16(23)24)19-13(17(25)26)14(7)27-9-5-10(18-6-9)15(22)20(3)4/h7-14,18-19,21H,5-6H2,1-4H3,(H,23,24)(H,25,26)/t7-,8-,9-,10-,11-,12-,13?,14-/m1/s1. The van der Waals surface area contributed by atoms with Crippen molar-refractivity contribution in [1.29, 1.82) is 0 Å². The largest absolute Gasteiger partial charge is 0.481 e. The molecule has 0 spiro atoms. The summed E-state index contributed by atoms with van der Waals surface area (Å²) in [6.07, 6.45) is -0.503. The van der Waals surface area contributed by atoms with Crippen molar-refractivity contribution in [2.75, 3.05) is 20.6 Å². The lowest BCUT2D eigenvalue weighted by molar-refractivity contribution is -0.147. The fourth-order valence-electron chi connectivity index (χ4n) is 4.00. The lowest BCUT2D eigenvalue weighted by atomic mass is 9.87. The Morgan fingerprint density at radius 2 is 1.85 bits per heavy atom. The molecule has 2 saturated heterocycles. The van der Waals surface area contributed by atoms with Crippen molar-refractivity contribution in [2.45, 2.75) is 55.0 Å². The van der Waals surface area contributed by atoms with E-state index in [9.17, 15) is 29.7 Å². The molecule has 8 atom stereocenters. The quantitative estimate of drug-likeness (QED) is 0.364. The average molecular weight is 404 g/mol. The van der Waals surface area contributed by atoms with Crippen LogP contribution in [-0.2, 0) is 14.4 Å². The van der Waals surface area contributed by atoms with Gasteiger partial charge in [-0.2, -0.15) is 11.8 Å². The highest BCUT2D eigenvalue weighted by Gasteiger charge is 2.51. The highest BCUT2D eigenvalue weighted by molar-refractivity contribution is 8.00. The number of amides is 1. The fourth-order valence-corrected chi connectivity index (χ4v) is 5.71. The van der Waals surface area contributed by atoms with E-state index in [2.05, 4.69) is 10.6 Å². The van der Waals surface area contributed by atoms with Gasteiger partial charge in [-0.25, -0.2) is 0 Å². The van der Waals surface area contributed by atoms with Crippen LogP contribution in [0.2, 0.25) is 0 Å². The van der Waals surface area contributed by atoms with Gasteiger partial charge in [-0.3, -0.25) is 19.7 Å². The summed E-state index contributed by atoms with van der Waals surface area (Å²) in [5.41, 5.74) is 0. The van der Waals surface area contributed by atoms with Gasteiger partial charge in [-0.1, -0.05) is 6.92 Å². The van der Waals surface area contributed by atoms with Crippen molar-refractivity contribution in [3.63, 3.8) is 0 Å². The van der Waals surface area contributed by atoms with Crippen LogP contribution in [0.3, 0.4) is 0 Å². The molecule has 2 rings (SSSR count). The molecule has 10 heteroatoms. The number of aliphatic hydroxyl groups is 1. The predicted octanol–water partition coefficient (Wildman–Crippen LogP) is -0.950. The zero-order chi connectivity index (χ0) is 20.5. The second-order valence-corrected chi connectivity index (χ2v) is 9.11. The topological polar surface area (TPSA) is 139 Å². The van der Waals surface area contributed by atoms with Crippen LogP contribution >= 0.6 is 11.8 Å². The summed E-state index contributed by atoms with van der Waals surface area (Å²) in [5.74, 6) is -3.55. The van der Waals surface area contributed by atoms with Crippen molar-refractivity contribution < 1.29 is 29.7 Å². The number of carbonyl (C=O) groups excluding carboxylic acids is 1. The first-order valence-corrected chi connectivity index (χ1v) is 9.98. The minimum Gasteiger partial charge on any atom is -0.481 e. The number of aliphatic hydroxyl groups excluding tert-OH is 1. The van der Waals surface area contributed by atoms with Crippen LogP contribution in [0.4, 0.5) is 0 Å². The number of nitrogens with one attached hydrogen (secondary N) is 2. The summed E-state index contributed by atoms with van der Waals surface area (Å²) in [6.45, 7) is 3.82. The molecule has 0 bridgehead atoms. The molecule has 2 aliphatic heterocycles. The zero-order valence-electron chi connectivity index (χ0n) is 16.0. The van der Waals surface area contributed by atoms with Gasteiger partial charge in [0.25, 0.3) is 0 Å². The third-order valence-corrected chi connectivity index (χ3v) is 7.18. The Hall–Kier alpha value is -1.36. The van der Waals surface area contributed by atoms with E-state index in [1.165, 1.54) is 23.6 Å². The second-order valence-electron chi connectivity index (χ2n) is 7.62. The predicted molar refractivity (Wildman–Crippen MR) is 101 cm³/mol. The molecule has 1 amide bonds. The Morgan fingerprint density at radius 1 is 1.22 bits per heavy atom. The molecule has 27 heavy (non-hydrogen) atoms. The van der Waals surface area contributed by atoms with E-state index < -0.39 is 36.0 Å². The molecule has 0 saturated carbocycles. The van der Waals surface area contributed by atoms with Gasteiger partial charge in [0.15, 0.2) is 0 Å². The third kappa shape index (κ3) is 4.74. The SMILES string of the molecule is C[C@@H]1[C@H]([C@H](C(=O)O)[C@@H](C)O)NC(C(=O)O)[C@@H]1S[C@H]1CN[C@@H](C(=O)N(C)C)C1. The number of carboxylic acid groups (broad SMARTS) is 2. The number of aliphatic carboxylic acids is 2. The highest BCUT2D eigenvalue weighted by atomic mass is 32.2. The van der Waals surface area contributed by atoms with Crippen molar-refractivity contribution in [3.8, 4) is 0 Å². The van der Waals surface area contributed by atoms with Crippen molar-refractivity contribution >= 4 is 29.6 Å². The minimum absolute atomic E-state index is 0.0107. The third-order valence-electron chi connectivity index (χ3n) is 5.42. The first kappa shape index (κ1) is 21.9. The van der Waals surface area contributed by atoms with Gasteiger partial charge in [0.2, 0.25) is 5.91 Å². The van der Waals surface area contributed by atoms with E-state index in [0.717, 1.165) is 0 Å². The molecule has 0 aromatic heterocycles. The summed E-state index contributed by atoms with van der Waals surface area (Å²) in [5, 5.41) is 34.7. The molecule has 5 N–H and O–H groups in total. The van der Waals surface area contributed by atoms with E-state index in [-0.39, 0.29) is 28.4 Å². The Kier molecular flexibility index (Phi) is 7.12. The van der Waals surface area contributed by atoms with Crippen molar-refractivity contribution in [1.82, 2.24) is 15.5 Å². The summed E-state index contributed by atoms with van der Waals surface area (Å²) in [7, 11) is 3.39. The maximum atomic E-state index is 12.1. The number of hydrogen-bond acceptors (Lipinski definition) is 7. The molecule has 0 aromatic rings. The number of rotatable bonds is 7. The van der Waals surface area contributed by atoms with Crippen molar-refractivity contribution in [3.05, 3.63) is 0 Å². The van der Waals surface area contributed by atoms with Gasteiger partial charge in [-0.15, -0.1) is 0 Å². The van der Waals surface area contributed by atoms with Crippen LogP contribution in [0.25, 0.3) is 0 Å². The van der Waals surface area contributed by atoms with E-state index in [1.54, 1.807) is 14.1 Å². The van der Waals surface area contributed by atoms with E-state index in [1.807, 2.05) is 6.92 Å². The number of hydrogen-bond donors (Lipinski definition) is 5. The molecule has 0 aromatic carbocycles. The molecular weight excluding hydrogens is 374 g/mol. The van der Waals surface area contributed by atoms with Crippen LogP contribution in [0.5, 0.6) is 0 Å². The van der Waals surface area contributed by atoms with Crippen LogP contribution in [0.15, 0.2) is 0 Å². The van der Waals surface area contributed by atoms with Gasteiger partial charge in [-0.05, 0) is 19.3 Å². The van der Waals surface area contributed by atoms with Gasteiger partial charge in [0.05, 0.1) is 18.1 Å². The van der Waals surface area contributed by atoms with Gasteiger partial charge >= 0.3 is 11.9 Å². The van der Waals surface area contributed by atoms with Crippen LogP contribution in [-0.4, -0.2) is 93.4 Å². The van der Waals surface area contributed by atoms with Gasteiger partial charge in [0, 0.05) is 37.2 Å². The average Bonchev–Trinajstić information content (AvgIpc) is 3.13. The van der Waals surface area contributed by atoms with Crippen molar-refractivity contribution in [2.24, 2.45) is 11.8 Å². The van der Waals surface area contributed by atoms with E-state index in [0.29, 0.717) is 13.0 Å². The lowest BCUT2D eigenvalue weighted by Crippen LogP contribution is -2.47. The van der Waals surface area contributed by atoms with E-state index in [4.69, 9.17) is 0 Å². The van der Waals surface area contributed by atoms with Crippen LogP contribution in [0, 0.1) is 11.8 Å². The number of nitrogens with zero attached hydrogens (tertiary/aromatic N) is 1. The maximum Gasteiger partial charge on any atom is 0.321 e. The van der Waals surface area contributed by atoms with Crippen LogP contribution in [0.1, 0.15) is 20.3 Å². The molecule has 0 radical (unpaired) electrons. The molecule has 9 nitrogen and oxygen atoms in total. The summed E-state index contributed by atoms with van der Waals surface area (Å²) in [6, 6.07) is -1.83. The van der Waals surface area contributed by atoms with Crippen LogP contribution < -0.4 is 10.6 Å². The Balaban J connectivity index is 2.11. The maximum absolute atomic E-state index is 12.1. The molecule has 2 aliphatic rings. The first-order valence-electron chi connectivity index (χ1n) is 9.04. The highest BCUT2D eigenvalue weighted by Crippen LogP contribution is 2.39. The Labute approximate surface area is 162 Å². The number of thioether (sulfide) groups is 1. The monoisotopic (exact) mass is 403 g/mol. The van der Waals surface area contributed by atoms with Gasteiger partial charge in [0.1, 0.15) is 6.04 Å². The Morgan fingerprint density at radius 3 is 2.33 bits per heavy atom. The Bertz CT molecular complexity index is 587. The molecular formula is C17H29N3O6S. The molecule has 2 fully saturated rings. The van der Waals surface area contributed by atoms with E-state index >= 15 is 0 Å². The van der Waals surface area contributed by atoms with Gasteiger partial charge < -0.3 is 25.5 Å². The molecule has 154 valence electrons.